The van der Waals surface area contributed by atoms with Crippen LogP contribution in [-0.4, -0.2) is 72.1 Å². The standard InChI is InChI=1S/C35H49N5O10S2/c1-5-35(6-2,37-29(42)14-9-7-8-10-15-31(43)40(4)18-19-51(45,46)47)28-21-27(41)33(34(44)50-28)32(24-16-17-24)25-12-11-13-26(20-25)38-52(48,49)30-22-39(3)23-36-30/h11-13,20-24,32,38,41H,5-10,14-19H2,1-4H3,(H,37,42)(H,45,46,47). The summed E-state index contributed by atoms with van der Waals surface area (Å²) >= 11 is 0. The number of amides is 2. The van der Waals surface area contributed by atoms with E-state index in [-0.39, 0.29) is 64.9 Å². The highest BCUT2D eigenvalue weighted by Gasteiger charge is 2.40. The van der Waals surface area contributed by atoms with Crippen molar-refractivity contribution in [3.05, 3.63) is 70.2 Å². The second kappa shape index (κ2) is 17.1. The van der Waals surface area contributed by atoms with Gasteiger partial charge in [0.15, 0.2) is 5.03 Å². The number of sulfonamides is 1. The molecule has 15 nitrogen and oxygen atoms in total. The molecule has 1 aliphatic carbocycles. The van der Waals surface area contributed by atoms with Gasteiger partial charge in [-0.05, 0) is 62.1 Å². The maximum absolute atomic E-state index is 13.7. The Kier molecular flexibility index (Phi) is 13.3. The van der Waals surface area contributed by atoms with Gasteiger partial charge in [-0.2, -0.15) is 16.8 Å². The van der Waals surface area contributed by atoms with Gasteiger partial charge in [0, 0.05) is 57.4 Å². The number of rotatable bonds is 20. The van der Waals surface area contributed by atoms with E-state index >= 15 is 0 Å². The topological polar surface area (TPSA) is 218 Å². The molecule has 4 N–H and O–H groups in total. The fraction of sp³-hybridized carbons (Fsp3) is 0.543. The second-order valence-electron chi connectivity index (χ2n) is 13.5. The van der Waals surface area contributed by atoms with Crippen molar-refractivity contribution in [2.24, 2.45) is 13.0 Å². The summed E-state index contributed by atoms with van der Waals surface area (Å²) in [5, 5.41) is 14.3. The largest absolute Gasteiger partial charge is 0.507 e. The van der Waals surface area contributed by atoms with Crippen LogP contribution in [-0.2, 0) is 42.3 Å². The quantitative estimate of drug-likeness (QED) is 0.0942. The van der Waals surface area contributed by atoms with Crippen LogP contribution in [0.4, 0.5) is 5.69 Å². The van der Waals surface area contributed by atoms with Crippen LogP contribution in [0.1, 0.15) is 101 Å². The second-order valence-corrected chi connectivity index (χ2v) is 16.7. The summed E-state index contributed by atoms with van der Waals surface area (Å²) in [6.45, 7) is 3.61. The molecule has 3 aromatic rings. The van der Waals surface area contributed by atoms with E-state index in [4.69, 9.17) is 8.97 Å². The first-order valence-corrected chi connectivity index (χ1v) is 20.6. The number of carbonyl (C=O) groups excluding carboxylic acids is 2. The molecule has 52 heavy (non-hydrogen) atoms. The highest BCUT2D eigenvalue weighted by atomic mass is 32.2. The fourth-order valence-electron chi connectivity index (χ4n) is 6.30. The number of nitrogens with one attached hydrogen (secondary N) is 2. The number of aryl methyl sites for hydroxylation is 1. The number of aromatic nitrogens is 2. The van der Waals surface area contributed by atoms with Crippen LogP contribution >= 0.6 is 0 Å². The van der Waals surface area contributed by atoms with Crippen molar-refractivity contribution < 1.29 is 40.5 Å². The number of aromatic hydroxyl groups is 1. The first-order valence-electron chi connectivity index (χ1n) is 17.5. The molecule has 1 atom stereocenters. The third-order valence-electron chi connectivity index (χ3n) is 9.54. The third kappa shape index (κ3) is 10.7. The molecule has 1 aromatic carbocycles. The molecule has 0 aliphatic heterocycles. The SMILES string of the molecule is CCC(CC)(NC(=O)CCCCCCC(=O)N(C)CCS(=O)(=O)O)c1cc(O)c(C(c2cccc(NS(=O)(=O)c3cn(C)cn3)c2)C2CC2)c(=O)o1. The summed E-state index contributed by atoms with van der Waals surface area (Å²) in [4.78, 5) is 44.2. The minimum Gasteiger partial charge on any atom is -0.507 e. The Balaban J connectivity index is 1.41. The number of benzene rings is 1. The van der Waals surface area contributed by atoms with Gasteiger partial charge in [0.25, 0.3) is 20.1 Å². The third-order valence-corrected chi connectivity index (χ3v) is 11.5. The normalized spacial score (nSPS) is 14.2. The zero-order valence-corrected chi connectivity index (χ0v) is 31.6. The molecule has 2 amide bonds. The lowest BCUT2D eigenvalue weighted by Gasteiger charge is -2.32. The van der Waals surface area contributed by atoms with Crippen molar-refractivity contribution >= 4 is 37.6 Å². The van der Waals surface area contributed by atoms with Gasteiger partial charge >= 0.3 is 5.63 Å². The van der Waals surface area contributed by atoms with E-state index in [2.05, 4.69) is 15.0 Å². The molecule has 17 heteroatoms. The monoisotopic (exact) mass is 763 g/mol. The lowest BCUT2D eigenvalue weighted by molar-refractivity contribution is -0.129. The highest BCUT2D eigenvalue weighted by Crippen LogP contribution is 2.48. The molecule has 1 fully saturated rings. The Bertz CT molecular complexity index is 2000. The number of imidazole rings is 1. The first-order chi connectivity index (χ1) is 24.5. The lowest BCUT2D eigenvalue weighted by atomic mass is 9.85. The van der Waals surface area contributed by atoms with Crippen molar-refractivity contribution in [1.29, 1.82) is 0 Å². The van der Waals surface area contributed by atoms with E-state index in [0.29, 0.717) is 44.1 Å². The van der Waals surface area contributed by atoms with Gasteiger partial charge in [0.05, 0.1) is 23.2 Å². The molecule has 1 unspecified atom stereocenters. The Morgan fingerprint density at radius 3 is 2.33 bits per heavy atom. The molecular formula is C35H49N5O10S2. The van der Waals surface area contributed by atoms with Gasteiger partial charge in [-0.1, -0.05) is 38.8 Å². The molecule has 0 saturated heterocycles. The molecule has 0 bridgehead atoms. The van der Waals surface area contributed by atoms with E-state index in [1.165, 1.54) is 35.1 Å². The van der Waals surface area contributed by atoms with Crippen molar-refractivity contribution in [2.75, 3.05) is 24.1 Å². The molecule has 286 valence electrons. The van der Waals surface area contributed by atoms with Crippen molar-refractivity contribution in [1.82, 2.24) is 19.8 Å². The maximum atomic E-state index is 13.7. The van der Waals surface area contributed by atoms with Gasteiger partial charge in [0.1, 0.15) is 11.5 Å². The van der Waals surface area contributed by atoms with E-state index in [9.17, 15) is 36.3 Å². The van der Waals surface area contributed by atoms with Crippen molar-refractivity contribution in [2.45, 2.75) is 94.5 Å². The predicted octanol–water partition coefficient (Wildman–Crippen LogP) is 4.24. The van der Waals surface area contributed by atoms with Crippen LogP contribution in [0.2, 0.25) is 0 Å². The summed E-state index contributed by atoms with van der Waals surface area (Å²) in [5.41, 5.74) is -0.790. The molecule has 0 spiro atoms. The molecule has 0 radical (unpaired) electrons. The average molecular weight is 764 g/mol. The van der Waals surface area contributed by atoms with Crippen molar-refractivity contribution in [3.63, 3.8) is 0 Å². The van der Waals surface area contributed by atoms with Crippen molar-refractivity contribution in [3.8, 4) is 5.75 Å². The number of anilines is 1. The van der Waals surface area contributed by atoms with Crippen LogP contribution in [0.25, 0.3) is 0 Å². The smallest absolute Gasteiger partial charge is 0.343 e. The Labute approximate surface area is 304 Å². The van der Waals surface area contributed by atoms with Gasteiger partial charge < -0.3 is 24.3 Å². The lowest BCUT2D eigenvalue weighted by Crippen LogP contribution is -2.45. The predicted molar refractivity (Wildman–Crippen MR) is 194 cm³/mol. The van der Waals surface area contributed by atoms with E-state index in [1.54, 1.807) is 31.3 Å². The summed E-state index contributed by atoms with van der Waals surface area (Å²) in [7, 11) is -4.97. The molecule has 2 aromatic heterocycles. The number of carbonyl (C=O) groups is 2. The van der Waals surface area contributed by atoms with Gasteiger partial charge in [-0.15, -0.1) is 0 Å². The summed E-state index contributed by atoms with van der Waals surface area (Å²) in [6.07, 6.45) is 8.05. The van der Waals surface area contributed by atoms with E-state index in [0.717, 1.165) is 12.8 Å². The summed E-state index contributed by atoms with van der Waals surface area (Å²) in [6, 6.07) is 8.10. The number of hydrogen-bond donors (Lipinski definition) is 4. The number of hydrogen-bond acceptors (Lipinski definition) is 10. The van der Waals surface area contributed by atoms with Crippen LogP contribution in [0, 0.1) is 5.92 Å². The van der Waals surface area contributed by atoms with Gasteiger partial charge in [-0.3, -0.25) is 18.9 Å². The molecule has 1 aliphatic rings. The van der Waals surface area contributed by atoms with E-state index in [1.807, 2.05) is 13.8 Å². The molecule has 2 heterocycles. The Morgan fingerprint density at radius 2 is 1.75 bits per heavy atom. The van der Waals surface area contributed by atoms with E-state index < -0.39 is 43.0 Å². The summed E-state index contributed by atoms with van der Waals surface area (Å²) in [5.74, 6) is -1.64. The fourth-order valence-corrected chi connectivity index (χ4v) is 7.83. The van der Waals surface area contributed by atoms with Gasteiger partial charge in [0.2, 0.25) is 11.8 Å². The maximum Gasteiger partial charge on any atom is 0.343 e. The summed E-state index contributed by atoms with van der Waals surface area (Å²) < 4.78 is 66.5. The zero-order valence-electron chi connectivity index (χ0n) is 30.0. The number of unbranched alkanes of at least 4 members (excludes halogenated alkanes) is 3. The van der Waals surface area contributed by atoms with Crippen LogP contribution < -0.4 is 15.7 Å². The Morgan fingerprint density at radius 1 is 1.08 bits per heavy atom. The highest BCUT2D eigenvalue weighted by molar-refractivity contribution is 7.92. The average Bonchev–Trinajstić information content (AvgIpc) is 3.82. The first kappa shape index (κ1) is 40.5. The minimum atomic E-state index is -4.15. The van der Waals surface area contributed by atoms with Crippen LogP contribution in [0.5, 0.6) is 5.75 Å². The molecule has 1 saturated carbocycles. The van der Waals surface area contributed by atoms with Gasteiger partial charge in [-0.25, -0.2) is 9.78 Å². The zero-order chi connectivity index (χ0) is 38.3. The molecular weight excluding hydrogens is 715 g/mol. The number of nitrogens with zero attached hydrogens (tertiary/aromatic N) is 3. The van der Waals surface area contributed by atoms with Crippen LogP contribution in [0.15, 0.2) is 57.1 Å². The molecule has 4 rings (SSSR count). The minimum absolute atomic E-state index is 0.0354. The Hall–Kier alpha value is -4.22. The van der Waals surface area contributed by atoms with Crippen LogP contribution in [0.3, 0.4) is 0 Å².